The number of nitrogens with one attached hydrogen (secondary N) is 2. The molecule has 110 valence electrons. The summed E-state index contributed by atoms with van der Waals surface area (Å²) in [5.74, 6) is -2.02. The Hall–Kier alpha value is -3.20. The van der Waals surface area contributed by atoms with Crippen LogP contribution in [-0.4, -0.2) is 11.8 Å². The Bertz CT molecular complexity index is 736. The number of rotatable bonds is 3. The fraction of sp³-hybridized carbons (Fsp3) is 0.0625. The molecule has 6 heteroatoms. The normalized spacial score (nSPS) is 9.64. The standard InChI is InChI=1S/C16H12FN3O2/c17-13-6-4-11(5-7-13)10-19-15(21)16(22)20-14-3-1-2-12(8-14)9-18/h1-8H,10H2,(H,19,21)(H,20,22). The lowest BCUT2D eigenvalue weighted by Crippen LogP contribution is -2.34. The van der Waals surface area contributed by atoms with E-state index in [2.05, 4.69) is 10.6 Å². The van der Waals surface area contributed by atoms with Gasteiger partial charge >= 0.3 is 11.8 Å². The highest BCUT2D eigenvalue weighted by atomic mass is 19.1. The average molecular weight is 297 g/mol. The Morgan fingerprint density at radius 2 is 1.82 bits per heavy atom. The number of nitrogens with zero attached hydrogens (tertiary/aromatic N) is 1. The van der Waals surface area contributed by atoms with Crippen LogP contribution in [0.1, 0.15) is 11.1 Å². The largest absolute Gasteiger partial charge is 0.344 e. The van der Waals surface area contributed by atoms with E-state index in [1.807, 2.05) is 6.07 Å². The quantitative estimate of drug-likeness (QED) is 0.850. The molecule has 0 aromatic heterocycles. The molecule has 0 heterocycles. The fourth-order valence-electron chi connectivity index (χ4n) is 1.72. The highest BCUT2D eigenvalue weighted by Crippen LogP contribution is 2.09. The van der Waals surface area contributed by atoms with Gasteiger partial charge in [0.25, 0.3) is 0 Å². The molecular formula is C16H12FN3O2. The first-order chi connectivity index (χ1) is 10.6. The molecule has 0 radical (unpaired) electrons. The molecule has 22 heavy (non-hydrogen) atoms. The minimum Gasteiger partial charge on any atom is -0.344 e. The maximum Gasteiger partial charge on any atom is 0.313 e. The van der Waals surface area contributed by atoms with Gasteiger partial charge in [-0.25, -0.2) is 4.39 Å². The number of carbonyl (C=O) groups excluding carboxylic acids is 2. The van der Waals surface area contributed by atoms with Crippen LogP contribution in [0.2, 0.25) is 0 Å². The summed E-state index contributed by atoms with van der Waals surface area (Å²) in [7, 11) is 0. The van der Waals surface area contributed by atoms with Gasteiger partial charge < -0.3 is 10.6 Å². The first-order valence-corrected chi connectivity index (χ1v) is 6.42. The zero-order chi connectivity index (χ0) is 15.9. The number of nitriles is 1. The highest BCUT2D eigenvalue weighted by molar-refractivity contribution is 6.39. The van der Waals surface area contributed by atoms with Gasteiger partial charge in [-0.3, -0.25) is 9.59 Å². The molecule has 0 aliphatic rings. The number of hydrogen-bond donors (Lipinski definition) is 2. The van der Waals surface area contributed by atoms with Crippen LogP contribution in [0.15, 0.2) is 48.5 Å². The zero-order valence-electron chi connectivity index (χ0n) is 11.5. The Kier molecular flexibility index (Phi) is 4.83. The van der Waals surface area contributed by atoms with Crippen molar-refractivity contribution in [2.24, 2.45) is 0 Å². The minimum absolute atomic E-state index is 0.116. The van der Waals surface area contributed by atoms with E-state index in [4.69, 9.17) is 5.26 Å². The number of halogens is 1. The lowest BCUT2D eigenvalue weighted by molar-refractivity contribution is -0.136. The fourth-order valence-corrected chi connectivity index (χ4v) is 1.72. The zero-order valence-corrected chi connectivity index (χ0v) is 11.5. The van der Waals surface area contributed by atoms with E-state index >= 15 is 0 Å². The first-order valence-electron chi connectivity index (χ1n) is 6.42. The SMILES string of the molecule is N#Cc1cccc(NC(=O)C(=O)NCc2ccc(F)cc2)c1. The van der Waals surface area contributed by atoms with Gasteiger partial charge in [0.2, 0.25) is 0 Å². The molecule has 0 bridgehead atoms. The van der Waals surface area contributed by atoms with Crippen molar-refractivity contribution in [1.82, 2.24) is 5.32 Å². The van der Waals surface area contributed by atoms with Gasteiger partial charge in [-0.2, -0.15) is 5.26 Å². The topological polar surface area (TPSA) is 82.0 Å². The predicted molar refractivity (Wildman–Crippen MR) is 78.0 cm³/mol. The van der Waals surface area contributed by atoms with Crippen LogP contribution < -0.4 is 10.6 Å². The molecule has 0 aliphatic heterocycles. The maximum atomic E-state index is 12.7. The van der Waals surface area contributed by atoms with Crippen LogP contribution in [0.5, 0.6) is 0 Å². The molecular weight excluding hydrogens is 285 g/mol. The Morgan fingerprint density at radius 3 is 2.50 bits per heavy atom. The molecule has 0 saturated heterocycles. The molecule has 2 amide bonds. The summed E-state index contributed by atoms with van der Waals surface area (Å²) in [6, 6.07) is 13.7. The number of hydrogen-bond acceptors (Lipinski definition) is 3. The van der Waals surface area contributed by atoms with Crippen molar-refractivity contribution in [3.63, 3.8) is 0 Å². The number of benzene rings is 2. The molecule has 0 aliphatic carbocycles. The molecule has 0 unspecified atom stereocenters. The maximum absolute atomic E-state index is 12.7. The van der Waals surface area contributed by atoms with Crippen LogP contribution in [-0.2, 0) is 16.1 Å². The lowest BCUT2D eigenvalue weighted by Gasteiger charge is -2.07. The smallest absolute Gasteiger partial charge is 0.313 e. The molecule has 5 nitrogen and oxygen atoms in total. The first kappa shape index (κ1) is 15.2. The van der Waals surface area contributed by atoms with Crippen molar-refractivity contribution in [3.8, 4) is 6.07 Å². The molecule has 2 aromatic carbocycles. The van der Waals surface area contributed by atoms with Crippen molar-refractivity contribution in [2.75, 3.05) is 5.32 Å². The monoisotopic (exact) mass is 297 g/mol. The molecule has 2 rings (SSSR count). The molecule has 0 fully saturated rings. The third-order valence-electron chi connectivity index (χ3n) is 2.82. The Labute approximate surface area is 126 Å². The van der Waals surface area contributed by atoms with Gasteiger partial charge in [0, 0.05) is 12.2 Å². The lowest BCUT2D eigenvalue weighted by atomic mass is 10.2. The highest BCUT2D eigenvalue weighted by Gasteiger charge is 2.13. The van der Waals surface area contributed by atoms with Gasteiger partial charge in [0.15, 0.2) is 0 Å². The third kappa shape index (κ3) is 4.15. The third-order valence-corrected chi connectivity index (χ3v) is 2.82. The Balaban J connectivity index is 1.90. The van der Waals surface area contributed by atoms with Crippen LogP contribution in [0.4, 0.5) is 10.1 Å². The van der Waals surface area contributed by atoms with E-state index < -0.39 is 11.8 Å². The minimum atomic E-state index is -0.836. The van der Waals surface area contributed by atoms with Crippen molar-refractivity contribution >= 4 is 17.5 Å². The van der Waals surface area contributed by atoms with Crippen LogP contribution in [0.25, 0.3) is 0 Å². The second-order valence-corrected chi connectivity index (χ2v) is 4.46. The van der Waals surface area contributed by atoms with Crippen LogP contribution in [0, 0.1) is 17.1 Å². The second-order valence-electron chi connectivity index (χ2n) is 4.46. The second kappa shape index (κ2) is 6.99. The van der Waals surface area contributed by atoms with E-state index in [1.54, 1.807) is 18.2 Å². The van der Waals surface area contributed by atoms with Gasteiger partial charge in [0.05, 0.1) is 11.6 Å². The molecule has 2 aromatic rings. The summed E-state index contributed by atoms with van der Waals surface area (Å²) in [4.78, 5) is 23.4. The number of anilines is 1. The van der Waals surface area contributed by atoms with Crippen molar-refractivity contribution in [2.45, 2.75) is 6.54 Å². The summed E-state index contributed by atoms with van der Waals surface area (Å²) < 4.78 is 12.7. The molecule has 0 atom stereocenters. The van der Waals surface area contributed by atoms with E-state index in [-0.39, 0.29) is 12.4 Å². The van der Waals surface area contributed by atoms with Gasteiger partial charge in [-0.05, 0) is 35.9 Å². The van der Waals surface area contributed by atoms with E-state index in [9.17, 15) is 14.0 Å². The summed E-state index contributed by atoms with van der Waals surface area (Å²) in [5.41, 5.74) is 1.42. The van der Waals surface area contributed by atoms with E-state index in [1.165, 1.54) is 30.3 Å². The van der Waals surface area contributed by atoms with Crippen molar-refractivity contribution in [1.29, 1.82) is 5.26 Å². The van der Waals surface area contributed by atoms with Crippen molar-refractivity contribution < 1.29 is 14.0 Å². The van der Waals surface area contributed by atoms with Crippen LogP contribution >= 0.6 is 0 Å². The van der Waals surface area contributed by atoms with E-state index in [0.29, 0.717) is 16.8 Å². The van der Waals surface area contributed by atoms with Gasteiger partial charge in [-0.1, -0.05) is 18.2 Å². The Morgan fingerprint density at radius 1 is 1.09 bits per heavy atom. The summed E-state index contributed by atoms with van der Waals surface area (Å²) in [5, 5.41) is 13.6. The number of carbonyl (C=O) groups is 2. The van der Waals surface area contributed by atoms with Crippen LogP contribution in [0.3, 0.4) is 0 Å². The molecule has 0 spiro atoms. The summed E-state index contributed by atoms with van der Waals surface area (Å²) in [6.45, 7) is 0.116. The average Bonchev–Trinajstić information content (AvgIpc) is 2.54. The summed E-state index contributed by atoms with van der Waals surface area (Å²) >= 11 is 0. The van der Waals surface area contributed by atoms with Gasteiger partial charge in [0.1, 0.15) is 5.82 Å². The summed E-state index contributed by atoms with van der Waals surface area (Å²) in [6.07, 6.45) is 0. The van der Waals surface area contributed by atoms with Gasteiger partial charge in [-0.15, -0.1) is 0 Å². The predicted octanol–water partition coefficient (Wildman–Crippen LogP) is 1.95. The molecule has 0 saturated carbocycles. The van der Waals surface area contributed by atoms with Crippen molar-refractivity contribution in [3.05, 3.63) is 65.5 Å². The molecule has 2 N–H and O–H groups in total. The number of amides is 2. The van der Waals surface area contributed by atoms with E-state index in [0.717, 1.165) is 0 Å².